The molecule has 0 saturated carbocycles. The molecule has 122 valence electrons. The third-order valence-electron chi connectivity index (χ3n) is 4.18. The predicted octanol–water partition coefficient (Wildman–Crippen LogP) is 7.07. The van der Waals surface area contributed by atoms with Gasteiger partial charge in [-0.25, -0.2) is 0 Å². The molecule has 21 heavy (non-hydrogen) atoms. The quantitative estimate of drug-likeness (QED) is 0.365. The molecule has 1 aromatic heterocycles. The Bertz CT molecular complexity index is 313. The minimum atomic E-state index is 0. The van der Waals surface area contributed by atoms with E-state index in [2.05, 4.69) is 31.0 Å². The second-order valence-corrected chi connectivity index (χ2v) is 6.13. The average molecular weight is 356 g/mol. The van der Waals surface area contributed by atoms with E-state index in [0.29, 0.717) is 5.92 Å². The summed E-state index contributed by atoms with van der Waals surface area (Å²) in [4.78, 5) is 4.44. The highest BCUT2D eigenvalue weighted by Gasteiger charge is 2.05. The standard InChI is InChI=1S/C19H33N.BrH/c1-3-4-5-6-7-8-9-10-11-12-15-18(2)19-16-13-14-17-20-19;/h13-14,16-18H,3-12,15H2,1-2H3;1H. The maximum absolute atomic E-state index is 4.44. The Morgan fingerprint density at radius 2 is 1.43 bits per heavy atom. The highest BCUT2D eigenvalue weighted by molar-refractivity contribution is 8.93. The predicted molar refractivity (Wildman–Crippen MR) is 99.4 cm³/mol. The molecular formula is C19H34BrN. The lowest BCUT2D eigenvalue weighted by atomic mass is 9.98. The van der Waals surface area contributed by atoms with Crippen LogP contribution in [0, 0.1) is 0 Å². The smallest absolute Gasteiger partial charge is 0.0431 e. The van der Waals surface area contributed by atoms with Crippen molar-refractivity contribution in [1.82, 2.24) is 4.98 Å². The zero-order valence-electron chi connectivity index (χ0n) is 14.0. The Morgan fingerprint density at radius 1 is 0.857 bits per heavy atom. The van der Waals surface area contributed by atoms with Crippen molar-refractivity contribution < 1.29 is 0 Å². The van der Waals surface area contributed by atoms with Crippen LogP contribution in [0.3, 0.4) is 0 Å². The molecule has 0 spiro atoms. The van der Waals surface area contributed by atoms with E-state index in [4.69, 9.17) is 0 Å². The summed E-state index contributed by atoms with van der Waals surface area (Å²) in [6.45, 7) is 4.59. The van der Waals surface area contributed by atoms with Crippen molar-refractivity contribution in [3.8, 4) is 0 Å². The molecule has 0 N–H and O–H groups in total. The fraction of sp³-hybridized carbons (Fsp3) is 0.737. The number of rotatable bonds is 12. The topological polar surface area (TPSA) is 12.9 Å². The molecule has 0 amide bonds. The Kier molecular flexibility index (Phi) is 14.3. The Balaban J connectivity index is 0.00000400. The van der Waals surface area contributed by atoms with Gasteiger partial charge in [0.1, 0.15) is 0 Å². The van der Waals surface area contributed by atoms with Crippen molar-refractivity contribution in [3.05, 3.63) is 30.1 Å². The molecule has 0 aliphatic carbocycles. The Morgan fingerprint density at radius 3 is 1.95 bits per heavy atom. The summed E-state index contributed by atoms with van der Waals surface area (Å²) < 4.78 is 0. The van der Waals surface area contributed by atoms with Crippen molar-refractivity contribution in [2.24, 2.45) is 0 Å². The molecule has 1 unspecified atom stereocenters. The van der Waals surface area contributed by atoms with Gasteiger partial charge in [0.05, 0.1) is 0 Å². The lowest BCUT2D eigenvalue weighted by molar-refractivity contribution is 0.532. The summed E-state index contributed by atoms with van der Waals surface area (Å²) in [5.41, 5.74) is 1.25. The number of aromatic nitrogens is 1. The zero-order chi connectivity index (χ0) is 14.5. The number of hydrogen-bond acceptors (Lipinski definition) is 1. The molecule has 0 aromatic carbocycles. The molecule has 0 aliphatic heterocycles. The van der Waals surface area contributed by atoms with Crippen molar-refractivity contribution in [2.45, 2.75) is 90.4 Å². The molecule has 0 fully saturated rings. The molecular weight excluding hydrogens is 322 g/mol. The number of pyridine rings is 1. The van der Waals surface area contributed by atoms with Crippen LogP contribution in [0.4, 0.5) is 0 Å². The van der Waals surface area contributed by atoms with Gasteiger partial charge in [0.2, 0.25) is 0 Å². The molecule has 1 aromatic rings. The van der Waals surface area contributed by atoms with Crippen LogP contribution < -0.4 is 0 Å². The second kappa shape index (κ2) is 14.6. The van der Waals surface area contributed by atoms with E-state index in [0.717, 1.165) is 0 Å². The molecule has 0 radical (unpaired) electrons. The first-order valence-electron chi connectivity index (χ1n) is 8.75. The summed E-state index contributed by atoms with van der Waals surface area (Å²) in [5.74, 6) is 0.616. The van der Waals surface area contributed by atoms with Crippen LogP contribution in [-0.4, -0.2) is 4.98 Å². The van der Waals surface area contributed by atoms with E-state index >= 15 is 0 Å². The molecule has 1 nitrogen and oxygen atoms in total. The van der Waals surface area contributed by atoms with Crippen LogP contribution in [0.25, 0.3) is 0 Å². The van der Waals surface area contributed by atoms with Gasteiger partial charge in [0.25, 0.3) is 0 Å². The van der Waals surface area contributed by atoms with Crippen LogP contribution >= 0.6 is 17.0 Å². The molecule has 2 heteroatoms. The third-order valence-corrected chi connectivity index (χ3v) is 4.18. The highest BCUT2D eigenvalue weighted by Crippen LogP contribution is 2.20. The molecule has 0 saturated heterocycles. The summed E-state index contributed by atoms with van der Waals surface area (Å²) in [6, 6.07) is 6.25. The van der Waals surface area contributed by atoms with Crippen LogP contribution in [-0.2, 0) is 0 Å². The number of nitrogens with zero attached hydrogens (tertiary/aromatic N) is 1. The van der Waals surface area contributed by atoms with Crippen molar-refractivity contribution in [2.75, 3.05) is 0 Å². The summed E-state index contributed by atoms with van der Waals surface area (Å²) >= 11 is 0. The van der Waals surface area contributed by atoms with Crippen LogP contribution in [0.5, 0.6) is 0 Å². The van der Waals surface area contributed by atoms with Gasteiger partial charge in [-0.15, -0.1) is 17.0 Å². The maximum Gasteiger partial charge on any atom is 0.0431 e. The zero-order valence-corrected chi connectivity index (χ0v) is 15.7. The van der Waals surface area contributed by atoms with Gasteiger partial charge >= 0.3 is 0 Å². The van der Waals surface area contributed by atoms with Crippen LogP contribution in [0.1, 0.15) is 96.1 Å². The van der Waals surface area contributed by atoms with E-state index in [9.17, 15) is 0 Å². The van der Waals surface area contributed by atoms with Gasteiger partial charge in [-0.05, 0) is 24.5 Å². The lowest BCUT2D eigenvalue weighted by Crippen LogP contribution is -1.96. The van der Waals surface area contributed by atoms with Gasteiger partial charge in [-0.2, -0.15) is 0 Å². The normalized spacial score (nSPS) is 11.9. The first-order chi connectivity index (χ1) is 9.84. The summed E-state index contributed by atoms with van der Waals surface area (Å²) in [6.07, 6.45) is 17.4. The first kappa shape index (κ1) is 20.6. The SMILES string of the molecule is Br.CCCCCCCCCCCCC(C)c1ccccn1. The molecule has 1 atom stereocenters. The Hall–Kier alpha value is -0.370. The summed E-state index contributed by atoms with van der Waals surface area (Å²) in [7, 11) is 0. The average Bonchev–Trinajstić information content (AvgIpc) is 2.50. The van der Waals surface area contributed by atoms with Gasteiger partial charge < -0.3 is 0 Å². The first-order valence-corrected chi connectivity index (χ1v) is 8.75. The second-order valence-electron chi connectivity index (χ2n) is 6.13. The maximum atomic E-state index is 4.44. The number of hydrogen-bond donors (Lipinski definition) is 0. The van der Waals surface area contributed by atoms with Gasteiger partial charge in [0.15, 0.2) is 0 Å². The van der Waals surface area contributed by atoms with Crippen molar-refractivity contribution in [1.29, 1.82) is 0 Å². The van der Waals surface area contributed by atoms with Crippen molar-refractivity contribution >= 4 is 17.0 Å². The Labute approximate surface area is 142 Å². The van der Waals surface area contributed by atoms with Crippen molar-refractivity contribution in [3.63, 3.8) is 0 Å². The minimum Gasteiger partial charge on any atom is -0.261 e. The van der Waals surface area contributed by atoms with E-state index in [1.807, 2.05) is 12.3 Å². The minimum absolute atomic E-state index is 0. The number of unbranched alkanes of at least 4 members (excludes halogenated alkanes) is 9. The van der Waals surface area contributed by atoms with Crippen LogP contribution in [0.15, 0.2) is 24.4 Å². The fourth-order valence-corrected chi connectivity index (χ4v) is 2.75. The highest BCUT2D eigenvalue weighted by atomic mass is 79.9. The fourth-order valence-electron chi connectivity index (χ4n) is 2.75. The van der Waals surface area contributed by atoms with E-state index in [1.165, 1.54) is 76.3 Å². The third kappa shape index (κ3) is 10.9. The van der Waals surface area contributed by atoms with E-state index in [1.54, 1.807) is 0 Å². The van der Waals surface area contributed by atoms with E-state index < -0.39 is 0 Å². The van der Waals surface area contributed by atoms with E-state index in [-0.39, 0.29) is 17.0 Å². The molecule has 0 aliphatic rings. The number of halogens is 1. The molecule has 1 rings (SSSR count). The largest absolute Gasteiger partial charge is 0.261 e. The van der Waals surface area contributed by atoms with Gasteiger partial charge in [-0.1, -0.05) is 84.1 Å². The monoisotopic (exact) mass is 355 g/mol. The van der Waals surface area contributed by atoms with Gasteiger partial charge in [-0.3, -0.25) is 4.98 Å². The summed E-state index contributed by atoms with van der Waals surface area (Å²) in [5, 5.41) is 0. The van der Waals surface area contributed by atoms with Gasteiger partial charge in [0, 0.05) is 11.9 Å². The lowest BCUT2D eigenvalue weighted by Gasteiger charge is -2.10. The van der Waals surface area contributed by atoms with Crippen LogP contribution in [0.2, 0.25) is 0 Å². The molecule has 1 heterocycles. The molecule has 0 bridgehead atoms.